The van der Waals surface area contributed by atoms with E-state index in [-0.39, 0.29) is 10.6 Å². The van der Waals surface area contributed by atoms with Gasteiger partial charge in [-0.1, -0.05) is 24.3 Å². The average Bonchev–Trinajstić information content (AvgIpc) is 2.46. The molecule has 3 rings (SSSR count). The number of hydrogen-bond donors (Lipinski definition) is 2. The van der Waals surface area contributed by atoms with Crippen LogP contribution in [-0.4, -0.2) is 19.1 Å². The molecule has 1 aliphatic rings. The molecule has 0 bridgehead atoms. The number of ether oxygens (including phenoxy) is 1. The molecule has 2 aromatic carbocycles. The Bertz CT molecular complexity index is 816. The van der Waals surface area contributed by atoms with Crippen molar-refractivity contribution < 1.29 is 18.3 Å². The highest BCUT2D eigenvalue weighted by Gasteiger charge is 2.36. The van der Waals surface area contributed by atoms with Crippen molar-refractivity contribution in [3.8, 4) is 11.5 Å². The van der Waals surface area contributed by atoms with Crippen LogP contribution < -0.4 is 9.46 Å². The highest BCUT2D eigenvalue weighted by atomic mass is 32.2. The topological polar surface area (TPSA) is 75.6 Å². The fourth-order valence-electron chi connectivity index (χ4n) is 2.80. The van der Waals surface area contributed by atoms with Gasteiger partial charge in [0.15, 0.2) is 0 Å². The molecule has 0 amide bonds. The summed E-state index contributed by atoms with van der Waals surface area (Å²) in [5.74, 6) is 0.591. The van der Waals surface area contributed by atoms with Gasteiger partial charge in [0.25, 0.3) is 0 Å². The highest BCUT2D eigenvalue weighted by Crippen LogP contribution is 2.41. The zero-order valence-electron chi connectivity index (χ0n) is 13.0. The third kappa shape index (κ3) is 3.33. The smallest absolute Gasteiger partial charge is 0.241 e. The van der Waals surface area contributed by atoms with Gasteiger partial charge >= 0.3 is 0 Å². The number of sulfonamides is 1. The first-order chi connectivity index (χ1) is 10.8. The van der Waals surface area contributed by atoms with Crippen molar-refractivity contribution in [2.45, 2.75) is 36.8 Å². The number of hydrogen-bond acceptors (Lipinski definition) is 4. The third-order valence-corrected chi connectivity index (χ3v) is 5.29. The number of rotatable bonds is 3. The molecule has 0 saturated carbocycles. The van der Waals surface area contributed by atoms with Gasteiger partial charge in [0.2, 0.25) is 10.0 Å². The number of fused-ring (bicyclic) bond motifs is 1. The van der Waals surface area contributed by atoms with Crippen LogP contribution in [0.2, 0.25) is 0 Å². The van der Waals surface area contributed by atoms with Crippen molar-refractivity contribution in [2.75, 3.05) is 0 Å². The number of nitrogens with one attached hydrogen (secondary N) is 1. The second kappa shape index (κ2) is 5.54. The lowest BCUT2D eigenvalue weighted by atomic mass is 9.90. The third-order valence-electron chi connectivity index (χ3n) is 3.81. The summed E-state index contributed by atoms with van der Waals surface area (Å²) in [6, 6.07) is 12.6. The molecule has 1 heterocycles. The lowest BCUT2D eigenvalue weighted by Gasteiger charge is -2.37. The maximum absolute atomic E-state index is 12.6. The summed E-state index contributed by atoms with van der Waals surface area (Å²) in [7, 11) is -3.63. The van der Waals surface area contributed by atoms with Crippen molar-refractivity contribution in [1.82, 2.24) is 4.72 Å². The number of phenolic OH excluding ortho intramolecular Hbond substituents is 1. The summed E-state index contributed by atoms with van der Waals surface area (Å²) in [5.41, 5.74) is 0.187. The standard InChI is InChI=1S/C17H19NO4S/c1-17(2)11-15(14-9-8-12(19)10-16(14)22-17)18-23(20,21)13-6-4-3-5-7-13/h3-10,15,18-19H,11H2,1-2H3. The largest absolute Gasteiger partial charge is 0.508 e. The zero-order chi connectivity index (χ0) is 16.7. The fraction of sp³-hybridized carbons (Fsp3) is 0.294. The maximum atomic E-state index is 12.6. The predicted octanol–water partition coefficient (Wildman–Crippen LogP) is 2.97. The Hall–Kier alpha value is -2.05. The van der Waals surface area contributed by atoms with Gasteiger partial charge in [-0.2, -0.15) is 0 Å². The van der Waals surface area contributed by atoms with Crippen molar-refractivity contribution in [3.63, 3.8) is 0 Å². The molecule has 2 N–H and O–H groups in total. The molecular formula is C17H19NO4S. The van der Waals surface area contributed by atoms with Crippen molar-refractivity contribution in [3.05, 3.63) is 54.1 Å². The van der Waals surface area contributed by atoms with Gasteiger partial charge in [0.05, 0.1) is 10.9 Å². The Kier molecular flexibility index (Phi) is 3.82. The van der Waals surface area contributed by atoms with Crippen LogP contribution in [0.4, 0.5) is 0 Å². The molecular weight excluding hydrogens is 314 g/mol. The fourth-order valence-corrected chi connectivity index (χ4v) is 4.04. The van der Waals surface area contributed by atoms with Gasteiger partial charge < -0.3 is 9.84 Å². The molecule has 0 aromatic heterocycles. The highest BCUT2D eigenvalue weighted by molar-refractivity contribution is 7.89. The summed E-state index contributed by atoms with van der Waals surface area (Å²) >= 11 is 0. The Morgan fingerprint density at radius 1 is 1.17 bits per heavy atom. The van der Waals surface area contributed by atoms with Gasteiger partial charge in [-0.3, -0.25) is 0 Å². The molecule has 6 heteroatoms. The Balaban J connectivity index is 1.97. The SMILES string of the molecule is CC1(C)CC(NS(=O)(=O)c2ccccc2)c2ccc(O)cc2O1. The van der Waals surface area contributed by atoms with Gasteiger partial charge in [0, 0.05) is 18.1 Å². The molecule has 0 aliphatic carbocycles. The zero-order valence-corrected chi connectivity index (χ0v) is 13.8. The summed E-state index contributed by atoms with van der Waals surface area (Å²) in [6.45, 7) is 3.79. The molecule has 0 spiro atoms. The van der Waals surface area contributed by atoms with Crippen molar-refractivity contribution in [1.29, 1.82) is 0 Å². The van der Waals surface area contributed by atoms with E-state index < -0.39 is 21.7 Å². The number of phenols is 1. The van der Waals surface area contributed by atoms with E-state index in [1.165, 1.54) is 12.1 Å². The molecule has 1 unspecified atom stereocenters. The van der Waals surface area contributed by atoms with Crippen molar-refractivity contribution in [2.24, 2.45) is 0 Å². The maximum Gasteiger partial charge on any atom is 0.241 e. The summed E-state index contributed by atoms with van der Waals surface area (Å²) in [5, 5.41) is 9.64. The molecule has 1 aliphatic heterocycles. The lowest BCUT2D eigenvalue weighted by molar-refractivity contribution is 0.0699. The minimum atomic E-state index is -3.63. The van der Waals surface area contributed by atoms with Crippen LogP contribution in [-0.2, 0) is 10.0 Å². The first kappa shape index (κ1) is 15.8. The van der Waals surface area contributed by atoms with Crippen molar-refractivity contribution >= 4 is 10.0 Å². The molecule has 5 nitrogen and oxygen atoms in total. The van der Waals surface area contributed by atoms with E-state index in [1.807, 2.05) is 13.8 Å². The Morgan fingerprint density at radius 2 is 1.87 bits per heavy atom. The van der Waals surface area contributed by atoms with Crippen LogP contribution >= 0.6 is 0 Å². The second-order valence-corrected chi connectivity index (χ2v) is 7.99. The van der Waals surface area contributed by atoms with E-state index in [4.69, 9.17) is 4.74 Å². The predicted molar refractivity (Wildman–Crippen MR) is 86.9 cm³/mol. The summed E-state index contributed by atoms with van der Waals surface area (Å²) in [4.78, 5) is 0.227. The lowest BCUT2D eigenvalue weighted by Crippen LogP contribution is -2.41. The van der Waals surface area contributed by atoms with E-state index >= 15 is 0 Å². The van der Waals surface area contributed by atoms with Gasteiger partial charge in [-0.05, 0) is 32.0 Å². The van der Waals surface area contributed by atoms with Crippen LogP contribution in [0.25, 0.3) is 0 Å². The second-order valence-electron chi connectivity index (χ2n) is 6.27. The van der Waals surface area contributed by atoms with Crippen LogP contribution in [0.1, 0.15) is 31.9 Å². The number of benzene rings is 2. The minimum Gasteiger partial charge on any atom is -0.508 e. The van der Waals surface area contributed by atoms with E-state index in [0.717, 1.165) is 5.56 Å². The molecule has 0 fully saturated rings. The minimum absolute atomic E-state index is 0.0890. The Labute approximate surface area is 136 Å². The summed E-state index contributed by atoms with van der Waals surface area (Å²) < 4.78 is 33.8. The summed E-state index contributed by atoms with van der Waals surface area (Å²) in [6.07, 6.45) is 0.497. The molecule has 0 saturated heterocycles. The molecule has 0 radical (unpaired) electrons. The van der Waals surface area contributed by atoms with E-state index in [2.05, 4.69) is 4.72 Å². The van der Waals surface area contributed by atoms with E-state index in [1.54, 1.807) is 36.4 Å². The van der Waals surface area contributed by atoms with Crippen LogP contribution in [0.15, 0.2) is 53.4 Å². The molecule has 23 heavy (non-hydrogen) atoms. The normalized spacial score (nSPS) is 19.7. The van der Waals surface area contributed by atoms with Crippen LogP contribution in [0, 0.1) is 0 Å². The van der Waals surface area contributed by atoms with Crippen LogP contribution in [0.5, 0.6) is 11.5 Å². The van der Waals surface area contributed by atoms with Gasteiger partial charge in [0.1, 0.15) is 17.1 Å². The van der Waals surface area contributed by atoms with E-state index in [0.29, 0.717) is 12.2 Å². The molecule has 2 aromatic rings. The first-order valence-corrected chi connectivity index (χ1v) is 8.84. The molecule has 122 valence electrons. The van der Waals surface area contributed by atoms with Gasteiger partial charge in [-0.15, -0.1) is 0 Å². The average molecular weight is 333 g/mol. The quantitative estimate of drug-likeness (QED) is 0.905. The number of aromatic hydroxyl groups is 1. The monoisotopic (exact) mass is 333 g/mol. The Morgan fingerprint density at radius 3 is 2.57 bits per heavy atom. The van der Waals surface area contributed by atoms with Crippen LogP contribution in [0.3, 0.4) is 0 Å². The van der Waals surface area contributed by atoms with Gasteiger partial charge in [-0.25, -0.2) is 13.1 Å². The first-order valence-electron chi connectivity index (χ1n) is 7.36. The molecule has 1 atom stereocenters. The van der Waals surface area contributed by atoms with E-state index in [9.17, 15) is 13.5 Å².